The van der Waals surface area contributed by atoms with Crippen molar-refractivity contribution in [3.8, 4) is 0 Å². The van der Waals surface area contributed by atoms with Gasteiger partial charge in [0.1, 0.15) is 0 Å². The second kappa shape index (κ2) is 2.76. The zero-order chi connectivity index (χ0) is 7.84. The molecule has 2 heterocycles. The van der Waals surface area contributed by atoms with Crippen LogP contribution < -0.4 is 0 Å². The summed E-state index contributed by atoms with van der Waals surface area (Å²) in [6, 6.07) is 0.884. The van der Waals surface area contributed by atoms with Crippen LogP contribution in [0.2, 0.25) is 0 Å². The summed E-state index contributed by atoms with van der Waals surface area (Å²) in [5, 5.41) is 0. The highest BCUT2D eigenvalue weighted by Gasteiger charge is 2.38. The lowest BCUT2D eigenvalue weighted by Gasteiger charge is -2.19. The number of rotatable bonds is 1. The van der Waals surface area contributed by atoms with Gasteiger partial charge in [0.2, 0.25) is 0 Å². The molecular weight excluding hydrogens is 136 g/mol. The van der Waals surface area contributed by atoms with Gasteiger partial charge in [-0.1, -0.05) is 6.92 Å². The smallest absolute Gasteiger partial charge is 0.0261 e. The van der Waals surface area contributed by atoms with E-state index in [-0.39, 0.29) is 0 Å². The lowest BCUT2D eigenvalue weighted by Crippen LogP contribution is -2.31. The Bertz CT molecular complexity index is 146. The van der Waals surface area contributed by atoms with E-state index in [0.717, 1.165) is 12.0 Å². The van der Waals surface area contributed by atoms with E-state index >= 15 is 0 Å². The van der Waals surface area contributed by atoms with E-state index in [9.17, 15) is 0 Å². The summed E-state index contributed by atoms with van der Waals surface area (Å²) in [5.41, 5.74) is 0. The molecule has 0 unspecified atom stereocenters. The highest BCUT2D eigenvalue weighted by Crippen LogP contribution is 2.29. The third kappa shape index (κ3) is 1.18. The molecule has 2 nitrogen and oxygen atoms in total. The van der Waals surface area contributed by atoms with Gasteiger partial charge in [0.25, 0.3) is 0 Å². The Morgan fingerprint density at radius 3 is 2.82 bits per heavy atom. The van der Waals surface area contributed by atoms with E-state index in [1.54, 1.807) is 0 Å². The lowest BCUT2D eigenvalue weighted by molar-refractivity contribution is 0.267. The average Bonchev–Trinajstić information content (AvgIpc) is 2.53. The second-order valence-corrected chi connectivity index (χ2v) is 3.95. The normalized spacial score (nSPS) is 39.8. The molecule has 2 aliphatic rings. The van der Waals surface area contributed by atoms with Crippen LogP contribution in [0.15, 0.2) is 0 Å². The van der Waals surface area contributed by atoms with Gasteiger partial charge in [-0.25, -0.2) is 0 Å². The van der Waals surface area contributed by atoms with E-state index in [4.69, 9.17) is 0 Å². The SMILES string of the molecule is CCN1C[C@H]2CCN(C)[C@H]2C1. The number of hydrogen-bond donors (Lipinski definition) is 0. The van der Waals surface area contributed by atoms with Crippen molar-refractivity contribution < 1.29 is 0 Å². The van der Waals surface area contributed by atoms with Crippen LogP contribution in [0.25, 0.3) is 0 Å². The molecule has 0 amide bonds. The molecule has 2 atom stereocenters. The first-order valence-corrected chi connectivity index (χ1v) is 4.74. The van der Waals surface area contributed by atoms with E-state index in [1.165, 1.54) is 32.6 Å². The van der Waals surface area contributed by atoms with Crippen molar-refractivity contribution in [2.45, 2.75) is 19.4 Å². The van der Waals surface area contributed by atoms with Crippen LogP contribution in [0.3, 0.4) is 0 Å². The van der Waals surface area contributed by atoms with Crippen molar-refractivity contribution in [3.05, 3.63) is 0 Å². The van der Waals surface area contributed by atoms with E-state index in [0.29, 0.717) is 0 Å². The summed E-state index contributed by atoms with van der Waals surface area (Å²) in [7, 11) is 2.27. The topological polar surface area (TPSA) is 6.48 Å². The molecule has 0 saturated carbocycles. The van der Waals surface area contributed by atoms with E-state index < -0.39 is 0 Å². The van der Waals surface area contributed by atoms with Crippen LogP contribution in [0.4, 0.5) is 0 Å². The molecule has 2 heteroatoms. The standard InChI is InChI=1S/C9H18N2/c1-3-11-6-8-4-5-10(2)9(8)7-11/h8-9H,3-7H2,1-2H3/t8-,9+/m1/s1. The van der Waals surface area contributed by atoms with E-state index in [2.05, 4.69) is 23.8 Å². The highest BCUT2D eigenvalue weighted by atomic mass is 15.3. The Morgan fingerprint density at radius 2 is 2.18 bits per heavy atom. The molecule has 0 N–H and O–H groups in total. The molecule has 0 radical (unpaired) electrons. The minimum atomic E-state index is 0.884. The van der Waals surface area contributed by atoms with Crippen molar-refractivity contribution in [3.63, 3.8) is 0 Å². The van der Waals surface area contributed by atoms with Crippen molar-refractivity contribution in [2.75, 3.05) is 33.2 Å². The van der Waals surface area contributed by atoms with Crippen molar-refractivity contribution >= 4 is 0 Å². The zero-order valence-electron chi connectivity index (χ0n) is 7.58. The van der Waals surface area contributed by atoms with E-state index in [1.807, 2.05) is 0 Å². The zero-order valence-corrected chi connectivity index (χ0v) is 7.58. The highest BCUT2D eigenvalue weighted by molar-refractivity contribution is 4.94. The Kier molecular flexibility index (Phi) is 1.90. The van der Waals surface area contributed by atoms with Crippen LogP contribution in [-0.2, 0) is 0 Å². The maximum atomic E-state index is 2.57. The first kappa shape index (κ1) is 7.56. The quantitative estimate of drug-likeness (QED) is 0.547. The Morgan fingerprint density at radius 1 is 1.36 bits per heavy atom. The summed E-state index contributed by atoms with van der Waals surface area (Å²) in [4.78, 5) is 5.10. The van der Waals surface area contributed by atoms with Gasteiger partial charge in [0, 0.05) is 19.1 Å². The van der Waals surface area contributed by atoms with Gasteiger partial charge >= 0.3 is 0 Å². The van der Waals surface area contributed by atoms with Crippen molar-refractivity contribution in [2.24, 2.45) is 5.92 Å². The van der Waals surface area contributed by atoms with Gasteiger partial charge in [-0.3, -0.25) is 0 Å². The predicted octanol–water partition coefficient (Wildman–Crippen LogP) is 0.642. The van der Waals surface area contributed by atoms with Crippen molar-refractivity contribution in [1.82, 2.24) is 9.80 Å². The molecule has 2 rings (SSSR count). The minimum absolute atomic E-state index is 0.884. The molecule has 0 aliphatic carbocycles. The van der Waals surface area contributed by atoms with Crippen LogP contribution in [0.1, 0.15) is 13.3 Å². The van der Waals surface area contributed by atoms with Crippen LogP contribution in [0, 0.1) is 5.92 Å². The molecule has 11 heavy (non-hydrogen) atoms. The summed E-state index contributed by atoms with van der Waals surface area (Å²) >= 11 is 0. The second-order valence-electron chi connectivity index (χ2n) is 3.95. The fraction of sp³-hybridized carbons (Fsp3) is 1.00. The number of likely N-dealkylation sites (N-methyl/N-ethyl adjacent to an activating group) is 2. The van der Waals surface area contributed by atoms with Crippen LogP contribution >= 0.6 is 0 Å². The molecule has 64 valence electrons. The lowest BCUT2D eigenvalue weighted by atomic mass is 10.1. The third-order valence-corrected chi connectivity index (χ3v) is 3.35. The van der Waals surface area contributed by atoms with Crippen molar-refractivity contribution in [1.29, 1.82) is 0 Å². The monoisotopic (exact) mass is 154 g/mol. The van der Waals surface area contributed by atoms with Crippen LogP contribution in [-0.4, -0.2) is 49.1 Å². The fourth-order valence-electron chi connectivity index (χ4n) is 2.52. The number of nitrogens with zero attached hydrogens (tertiary/aromatic N) is 2. The van der Waals surface area contributed by atoms with Gasteiger partial charge in [0.15, 0.2) is 0 Å². The van der Waals surface area contributed by atoms with Gasteiger partial charge in [0.05, 0.1) is 0 Å². The molecule has 0 spiro atoms. The van der Waals surface area contributed by atoms with Gasteiger partial charge in [-0.2, -0.15) is 0 Å². The number of hydrogen-bond acceptors (Lipinski definition) is 2. The molecule has 0 aromatic carbocycles. The maximum absolute atomic E-state index is 2.57. The third-order valence-electron chi connectivity index (χ3n) is 3.35. The average molecular weight is 154 g/mol. The summed E-state index contributed by atoms with van der Waals surface area (Å²) in [6.45, 7) is 7.50. The molecule has 2 saturated heterocycles. The summed E-state index contributed by atoms with van der Waals surface area (Å²) in [5.74, 6) is 0.986. The van der Waals surface area contributed by atoms with Gasteiger partial charge < -0.3 is 9.80 Å². The molecule has 2 fully saturated rings. The number of fused-ring (bicyclic) bond motifs is 1. The molecule has 0 bridgehead atoms. The number of likely N-dealkylation sites (tertiary alicyclic amines) is 2. The first-order valence-electron chi connectivity index (χ1n) is 4.74. The largest absolute Gasteiger partial charge is 0.302 e. The Hall–Kier alpha value is -0.0800. The summed E-state index contributed by atoms with van der Waals surface area (Å²) in [6.07, 6.45) is 1.43. The molecule has 2 aliphatic heterocycles. The fourth-order valence-corrected chi connectivity index (χ4v) is 2.52. The first-order chi connectivity index (χ1) is 5.31. The van der Waals surface area contributed by atoms with Gasteiger partial charge in [-0.15, -0.1) is 0 Å². The Labute approximate surface area is 69.2 Å². The maximum Gasteiger partial charge on any atom is 0.0261 e. The Balaban J connectivity index is 1.98. The summed E-state index contributed by atoms with van der Waals surface area (Å²) < 4.78 is 0. The molecule has 0 aromatic rings. The van der Waals surface area contributed by atoms with Crippen LogP contribution in [0.5, 0.6) is 0 Å². The van der Waals surface area contributed by atoms with Gasteiger partial charge in [-0.05, 0) is 32.5 Å². The minimum Gasteiger partial charge on any atom is -0.302 e. The molecular formula is C9H18N2. The molecule has 0 aromatic heterocycles. The predicted molar refractivity (Wildman–Crippen MR) is 46.6 cm³/mol.